The summed E-state index contributed by atoms with van der Waals surface area (Å²) in [5.41, 5.74) is 0.522. The zero-order valence-corrected chi connectivity index (χ0v) is 14.0. The van der Waals surface area contributed by atoms with Gasteiger partial charge in [0, 0.05) is 36.0 Å². The fourth-order valence-electron chi connectivity index (χ4n) is 2.59. The van der Waals surface area contributed by atoms with Crippen LogP contribution in [0.3, 0.4) is 0 Å². The molecule has 0 spiro atoms. The normalized spacial score (nSPS) is 15.4. The first-order valence-electron chi connectivity index (χ1n) is 7.37. The van der Waals surface area contributed by atoms with E-state index in [0.717, 1.165) is 17.3 Å². The Bertz CT molecular complexity index is 694. The van der Waals surface area contributed by atoms with Gasteiger partial charge in [-0.25, -0.2) is 0 Å². The van der Waals surface area contributed by atoms with Crippen LogP contribution in [0.1, 0.15) is 33.8 Å². The standard InChI is InChI=1S/C16H16BrN3O3/c17-12-8-11(9-18-10-12)15(21)19-13-3-5-20(6-4-13)16(22)14-2-1-7-23-14/h1-2,7-10,13H,3-6H2,(H,19,21). The van der Waals surface area contributed by atoms with Crippen molar-refractivity contribution in [3.63, 3.8) is 0 Å². The largest absolute Gasteiger partial charge is 0.459 e. The second-order valence-electron chi connectivity index (χ2n) is 5.41. The van der Waals surface area contributed by atoms with Gasteiger partial charge in [0.1, 0.15) is 0 Å². The van der Waals surface area contributed by atoms with Gasteiger partial charge in [-0.2, -0.15) is 0 Å². The molecule has 0 aliphatic carbocycles. The second-order valence-corrected chi connectivity index (χ2v) is 6.32. The summed E-state index contributed by atoms with van der Waals surface area (Å²) < 4.78 is 5.90. The first kappa shape index (κ1) is 15.7. The van der Waals surface area contributed by atoms with Gasteiger partial charge in [-0.15, -0.1) is 0 Å². The minimum Gasteiger partial charge on any atom is -0.459 e. The van der Waals surface area contributed by atoms with Crippen molar-refractivity contribution in [3.05, 3.63) is 52.7 Å². The highest BCUT2D eigenvalue weighted by Crippen LogP contribution is 2.15. The van der Waals surface area contributed by atoms with Gasteiger partial charge in [0.15, 0.2) is 5.76 Å². The van der Waals surface area contributed by atoms with E-state index in [1.54, 1.807) is 29.3 Å². The highest BCUT2D eigenvalue weighted by atomic mass is 79.9. The second kappa shape index (κ2) is 6.95. The summed E-state index contributed by atoms with van der Waals surface area (Å²) in [7, 11) is 0. The van der Waals surface area contributed by atoms with Gasteiger partial charge in [-0.3, -0.25) is 14.6 Å². The highest BCUT2D eigenvalue weighted by molar-refractivity contribution is 9.10. The van der Waals surface area contributed by atoms with Crippen LogP contribution < -0.4 is 5.32 Å². The van der Waals surface area contributed by atoms with Crippen LogP contribution >= 0.6 is 15.9 Å². The summed E-state index contributed by atoms with van der Waals surface area (Å²) in [6.07, 6.45) is 6.11. The Kier molecular flexibility index (Phi) is 4.76. The Morgan fingerprint density at radius 3 is 2.74 bits per heavy atom. The van der Waals surface area contributed by atoms with Crippen LogP contribution in [0.5, 0.6) is 0 Å². The molecular weight excluding hydrogens is 362 g/mol. The Morgan fingerprint density at radius 2 is 2.09 bits per heavy atom. The van der Waals surface area contributed by atoms with Crippen molar-refractivity contribution >= 4 is 27.7 Å². The van der Waals surface area contributed by atoms with Crippen molar-refractivity contribution < 1.29 is 14.0 Å². The van der Waals surface area contributed by atoms with E-state index in [-0.39, 0.29) is 17.9 Å². The Morgan fingerprint density at radius 1 is 1.30 bits per heavy atom. The number of nitrogens with zero attached hydrogens (tertiary/aromatic N) is 2. The van der Waals surface area contributed by atoms with Crippen LogP contribution in [0.2, 0.25) is 0 Å². The molecule has 3 heterocycles. The van der Waals surface area contributed by atoms with Gasteiger partial charge in [-0.05, 0) is 47.0 Å². The third-order valence-electron chi connectivity index (χ3n) is 3.82. The molecule has 6 nitrogen and oxygen atoms in total. The van der Waals surface area contributed by atoms with E-state index in [1.807, 2.05) is 0 Å². The minimum atomic E-state index is -0.144. The third kappa shape index (κ3) is 3.79. The van der Waals surface area contributed by atoms with Crippen LogP contribution in [0, 0.1) is 0 Å². The molecule has 3 rings (SSSR count). The van der Waals surface area contributed by atoms with Crippen LogP contribution in [0.15, 0.2) is 45.7 Å². The van der Waals surface area contributed by atoms with Crippen LogP contribution in [0.25, 0.3) is 0 Å². The number of rotatable bonds is 3. The minimum absolute atomic E-state index is 0.0575. The molecule has 0 unspecified atom stereocenters. The van der Waals surface area contributed by atoms with E-state index in [1.165, 1.54) is 12.5 Å². The maximum Gasteiger partial charge on any atom is 0.289 e. The average Bonchev–Trinajstić information content (AvgIpc) is 3.09. The van der Waals surface area contributed by atoms with Crippen molar-refractivity contribution in [2.24, 2.45) is 0 Å². The lowest BCUT2D eigenvalue weighted by Gasteiger charge is -2.31. The van der Waals surface area contributed by atoms with Gasteiger partial charge in [0.25, 0.3) is 11.8 Å². The summed E-state index contributed by atoms with van der Waals surface area (Å²) >= 11 is 3.30. The predicted molar refractivity (Wildman–Crippen MR) is 87.0 cm³/mol. The lowest BCUT2D eigenvalue weighted by molar-refractivity contribution is 0.0667. The molecule has 1 aliphatic rings. The van der Waals surface area contributed by atoms with Crippen LogP contribution in [-0.4, -0.2) is 40.8 Å². The van der Waals surface area contributed by atoms with E-state index in [2.05, 4.69) is 26.2 Å². The molecule has 7 heteroatoms. The van der Waals surface area contributed by atoms with E-state index in [9.17, 15) is 9.59 Å². The number of likely N-dealkylation sites (tertiary alicyclic amines) is 1. The van der Waals surface area contributed by atoms with Crippen molar-refractivity contribution in [2.75, 3.05) is 13.1 Å². The van der Waals surface area contributed by atoms with Gasteiger partial charge >= 0.3 is 0 Å². The number of carbonyl (C=O) groups is 2. The lowest BCUT2D eigenvalue weighted by atomic mass is 10.0. The summed E-state index contributed by atoms with van der Waals surface area (Å²) in [6, 6.07) is 5.16. The molecule has 2 aromatic heterocycles. The van der Waals surface area contributed by atoms with Crippen LogP contribution in [0.4, 0.5) is 0 Å². The maximum absolute atomic E-state index is 12.2. The monoisotopic (exact) mass is 377 g/mol. The van der Waals surface area contributed by atoms with Gasteiger partial charge in [0.2, 0.25) is 0 Å². The number of hydrogen-bond acceptors (Lipinski definition) is 4. The molecule has 0 atom stereocenters. The van der Waals surface area contributed by atoms with Crippen molar-refractivity contribution in [3.8, 4) is 0 Å². The number of aromatic nitrogens is 1. The summed E-state index contributed by atoms with van der Waals surface area (Å²) in [4.78, 5) is 30.1. The zero-order chi connectivity index (χ0) is 16.2. The fraction of sp³-hybridized carbons (Fsp3) is 0.312. The molecule has 1 aliphatic heterocycles. The number of halogens is 1. The SMILES string of the molecule is O=C(NC1CCN(C(=O)c2ccco2)CC1)c1cncc(Br)c1. The third-order valence-corrected chi connectivity index (χ3v) is 4.25. The Balaban J connectivity index is 1.53. The molecule has 2 amide bonds. The highest BCUT2D eigenvalue weighted by Gasteiger charge is 2.26. The number of piperidine rings is 1. The molecule has 1 N–H and O–H groups in total. The van der Waals surface area contributed by atoms with Crippen molar-refractivity contribution in [1.29, 1.82) is 0 Å². The number of amides is 2. The van der Waals surface area contributed by atoms with Crippen molar-refractivity contribution in [1.82, 2.24) is 15.2 Å². The average molecular weight is 378 g/mol. The van der Waals surface area contributed by atoms with E-state index < -0.39 is 0 Å². The number of hydrogen-bond donors (Lipinski definition) is 1. The molecule has 120 valence electrons. The molecule has 0 bridgehead atoms. The zero-order valence-electron chi connectivity index (χ0n) is 12.4. The summed E-state index contributed by atoms with van der Waals surface area (Å²) in [5, 5.41) is 3.00. The first-order chi connectivity index (χ1) is 11.1. The smallest absolute Gasteiger partial charge is 0.289 e. The molecule has 1 fully saturated rings. The van der Waals surface area contributed by atoms with E-state index in [4.69, 9.17) is 4.42 Å². The molecular formula is C16H16BrN3O3. The molecule has 0 radical (unpaired) electrons. The maximum atomic E-state index is 12.2. The lowest BCUT2D eigenvalue weighted by Crippen LogP contribution is -2.46. The molecule has 1 saturated heterocycles. The summed E-state index contributed by atoms with van der Waals surface area (Å²) in [5.74, 6) is 0.110. The van der Waals surface area contributed by atoms with Gasteiger partial charge in [0.05, 0.1) is 11.8 Å². The molecule has 0 saturated carbocycles. The summed E-state index contributed by atoms with van der Waals surface area (Å²) in [6.45, 7) is 1.20. The fourth-order valence-corrected chi connectivity index (χ4v) is 2.95. The number of carbonyl (C=O) groups excluding carboxylic acids is 2. The predicted octanol–water partition coefficient (Wildman–Crippen LogP) is 2.47. The van der Waals surface area contributed by atoms with Gasteiger partial charge < -0.3 is 14.6 Å². The van der Waals surface area contributed by atoms with Crippen LogP contribution in [-0.2, 0) is 0 Å². The van der Waals surface area contributed by atoms with Crippen molar-refractivity contribution in [2.45, 2.75) is 18.9 Å². The molecule has 0 aromatic carbocycles. The Labute approximate surface area is 142 Å². The van der Waals surface area contributed by atoms with Gasteiger partial charge in [-0.1, -0.05) is 0 Å². The quantitative estimate of drug-likeness (QED) is 0.891. The van der Waals surface area contributed by atoms with E-state index >= 15 is 0 Å². The number of nitrogens with one attached hydrogen (secondary N) is 1. The first-order valence-corrected chi connectivity index (χ1v) is 8.17. The number of pyridine rings is 1. The molecule has 2 aromatic rings. The van der Waals surface area contributed by atoms with E-state index in [0.29, 0.717) is 24.4 Å². The molecule has 23 heavy (non-hydrogen) atoms. The topological polar surface area (TPSA) is 75.4 Å². The Hall–Kier alpha value is -2.15. The number of furan rings is 1.